The van der Waals surface area contributed by atoms with Crippen molar-refractivity contribution in [3.8, 4) is 22.6 Å². The first-order valence-electron chi connectivity index (χ1n) is 9.77. The number of hydrogen-bond donors (Lipinski definition) is 0. The minimum Gasteiger partial charge on any atom is -0.494 e. The molecule has 0 unspecified atom stereocenters. The van der Waals surface area contributed by atoms with Gasteiger partial charge in [0.05, 0.1) is 6.61 Å². The first kappa shape index (κ1) is 22.8. The van der Waals surface area contributed by atoms with Crippen LogP contribution in [0.5, 0.6) is 11.5 Å². The molecule has 2 rings (SSSR count). The SMILES string of the molecule is CCCCCCOc1ccc(-c2ccc(OC(=O)C(C)(C)C(F)(F)F)cc2)cc1. The predicted octanol–water partition coefficient (Wildman–Crippen LogP) is 6.81. The molecule has 0 amide bonds. The van der Waals surface area contributed by atoms with Gasteiger partial charge in [-0.05, 0) is 55.7 Å². The highest BCUT2D eigenvalue weighted by Gasteiger charge is 2.54. The topological polar surface area (TPSA) is 35.5 Å². The highest BCUT2D eigenvalue weighted by Crippen LogP contribution is 2.38. The number of carbonyl (C=O) groups excluding carboxylic acids is 1. The van der Waals surface area contributed by atoms with Gasteiger partial charge in [-0.1, -0.05) is 50.5 Å². The number of halogens is 3. The van der Waals surface area contributed by atoms with E-state index in [0.29, 0.717) is 6.61 Å². The number of carbonyl (C=O) groups is 1. The number of unbranched alkanes of at least 4 members (excludes halogenated alkanes) is 3. The molecule has 3 nitrogen and oxygen atoms in total. The van der Waals surface area contributed by atoms with Crippen molar-refractivity contribution in [3.05, 3.63) is 48.5 Å². The van der Waals surface area contributed by atoms with Gasteiger partial charge in [0.2, 0.25) is 0 Å². The maximum atomic E-state index is 12.9. The van der Waals surface area contributed by atoms with E-state index in [4.69, 9.17) is 9.47 Å². The van der Waals surface area contributed by atoms with Crippen LogP contribution < -0.4 is 9.47 Å². The van der Waals surface area contributed by atoms with Crippen molar-refractivity contribution < 1.29 is 27.4 Å². The average Bonchev–Trinajstić information content (AvgIpc) is 2.68. The molecule has 6 heteroatoms. The van der Waals surface area contributed by atoms with Crippen molar-refractivity contribution in [2.45, 2.75) is 52.6 Å². The first-order valence-corrected chi connectivity index (χ1v) is 9.77. The number of alkyl halides is 3. The Morgan fingerprint density at radius 2 is 1.34 bits per heavy atom. The lowest BCUT2D eigenvalue weighted by Gasteiger charge is -2.25. The van der Waals surface area contributed by atoms with Crippen molar-refractivity contribution in [3.63, 3.8) is 0 Å². The number of ether oxygens (including phenoxy) is 2. The van der Waals surface area contributed by atoms with Crippen molar-refractivity contribution in [2.24, 2.45) is 5.41 Å². The van der Waals surface area contributed by atoms with E-state index in [9.17, 15) is 18.0 Å². The van der Waals surface area contributed by atoms with Gasteiger partial charge in [0.1, 0.15) is 11.5 Å². The second-order valence-corrected chi connectivity index (χ2v) is 7.47. The van der Waals surface area contributed by atoms with Gasteiger partial charge in [-0.2, -0.15) is 13.2 Å². The number of benzene rings is 2. The summed E-state index contributed by atoms with van der Waals surface area (Å²) in [6.07, 6.45) is -0.0928. The summed E-state index contributed by atoms with van der Waals surface area (Å²) in [6, 6.07) is 14.0. The molecule has 0 aromatic heterocycles. The fourth-order valence-electron chi connectivity index (χ4n) is 2.53. The zero-order valence-electron chi connectivity index (χ0n) is 17.0. The van der Waals surface area contributed by atoms with E-state index in [2.05, 4.69) is 6.92 Å². The fraction of sp³-hybridized carbons (Fsp3) is 0.435. The minimum atomic E-state index is -4.68. The quantitative estimate of drug-likeness (QED) is 0.260. The molecule has 0 atom stereocenters. The van der Waals surface area contributed by atoms with Crippen LogP contribution in [0.2, 0.25) is 0 Å². The largest absolute Gasteiger partial charge is 0.494 e. The summed E-state index contributed by atoms with van der Waals surface area (Å²) in [5.41, 5.74) is -0.788. The van der Waals surface area contributed by atoms with E-state index in [1.54, 1.807) is 12.1 Å². The summed E-state index contributed by atoms with van der Waals surface area (Å²) in [6.45, 7) is 4.46. The third-order valence-electron chi connectivity index (χ3n) is 4.74. The molecule has 0 saturated heterocycles. The Hall–Kier alpha value is -2.50. The van der Waals surface area contributed by atoms with E-state index in [1.165, 1.54) is 25.0 Å². The summed E-state index contributed by atoms with van der Waals surface area (Å²) in [7, 11) is 0. The maximum absolute atomic E-state index is 12.9. The van der Waals surface area contributed by atoms with Gasteiger partial charge in [-0.25, -0.2) is 0 Å². The van der Waals surface area contributed by atoms with Crippen LogP contribution in [0.3, 0.4) is 0 Å². The van der Waals surface area contributed by atoms with Crippen LogP contribution in [0.4, 0.5) is 13.2 Å². The molecule has 158 valence electrons. The third kappa shape index (κ3) is 6.24. The summed E-state index contributed by atoms with van der Waals surface area (Å²) in [4.78, 5) is 11.9. The van der Waals surface area contributed by atoms with Gasteiger partial charge in [0.25, 0.3) is 0 Å². The average molecular weight is 408 g/mol. The van der Waals surface area contributed by atoms with Crippen molar-refractivity contribution in [1.29, 1.82) is 0 Å². The highest BCUT2D eigenvalue weighted by molar-refractivity contribution is 5.79. The van der Waals surface area contributed by atoms with E-state index in [0.717, 1.165) is 43.6 Å². The summed E-state index contributed by atoms with van der Waals surface area (Å²) >= 11 is 0. The molecule has 2 aromatic carbocycles. The van der Waals surface area contributed by atoms with Gasteiger partial charge >= 0.3 is 12.1 Å². The van der Waals surface area contributed by atoms with Gasteiger partial charge in [0, 0.05) is 0 Å². The maximum Gasteiger partial charge on any atom is 0.404 e. The van der Waals surface area contributed by atoms with Crippen LogP contribution in [0.15, 0.2) is 48.5 Å². The van der Waals surface area contributed by atoms with Gasteiger partial charge < -0.3 is 9.47 Å². The molecular formula is C23H27F3O3. The molecule has 29 heavy (non-hydrogen) atoms. The Kier molecular flexibility index (Phi) is 7.71. The fourth-order valence-corrected chi connectivity index (χ4v) is 2.53. The zero-order chi connectivity index (χ0) is 21.5. The van der Waals surface area contributed by atoms with Crippen LogP contribution in [-0.2, 0) is 4.79 Å². The van der Waals surface area contributed by atoms with Crippen LogP contribution in [0.1, 0.15) is 46.5 Å². The summed E-state index contributed by atoms with van der Waals surface area (Å²) in [5.74, 6) is -0.466. The van der Waals surface area contributed by atoms with Crippen molar-refractivity contribution >= 4 is 5.97 Å². The lowest BCUT2D eigenvalue weighted by molar-refractivity contribution is -0.219. The molecule has 0 aliphatic rings. The summed E-state index contributed by atoms with van der Waals surface area (Å²) in [5, 5.41) is 0. The molecular weight excluding hydrogens is 381 g/mol. The van der Waals surface area contributed by atoms with Crippen LogP contribution in [-0.4, -0.2) is 18.8 Å². The van der Waals surface area contributed by atoms with Gasteiger partial charge in [0.15, 0.2) is 5.41 Å². The number of esters is 1. The third-order valence-corrected chi connectivity index (χ3v) is 4.74. The molecule has 0 spiro atoms. The minimum absolute atomic E-state index is 0.0723. The molecule has 0 N–H and O–H groups in total. The first-order chi connectivity index (χ1) is 13.6. The molecule has 0 bridgehead atoms. The van der Waals surface area contributed by atoms with Gasteiger partial charge in [-0.3, -0.25) is 4.79 Å². The standard InChI is InChI=1S/C23H27F3O3/c1-4-5-6-7-16-28-19-12-8-17(9-13-19)18-10-14-20(15-11-18)29-21(27)22(2,3)23(24,25)26/h8-15H,4-7,16H2,1-3H3. The predicted molar refractivity (Wildman–Crippen MR) is 107 cm³/mol. The lowest BCUT2D eigenvalue weighted by Crippen LogP contribution is -2.42. The molecule has 0 fully saturated rings. The van der Waals surface area contributed by atoms with Gasteiger partial charge in [-0.15, -0.1) is 0 Å². The normalized spacial score (nSPS) is 11.9. The Morgan fingerprint density at radius 1 is 0.828 bits per heavy atom. The van der Waals surface area contributed by atoms with Crippen LogP contribution >= 0.6 is 0 Å². The lowest BCUT2D eigenvalue weighted by atomic mass is 9.93. The van der Waals surface area contributed by atoms with Crippen molar-refractivity contribution in [2.75, 3.05) is 6.61 Å². The van der Waals surface area contributed by atoms with Crippen LogP contribution in [0.25, 0.3) is 11.1 Å². The van der Waals surface area contributed by atoms with E-state index in [-0.39, 0.29) is 5.75 Å². The highest BCUT2D eigenvalue weighted by atomic mass is 19.4. The Morgan fingerprint density at radius 3 is 1.83 bits per heavy atom. The zero-order valence-corrected chi connectivity index (χ0v) is 17.0. The smallest absolute Gasteiger partial charge is 0.404 e. The summed E-state index contributed by atoms with van der Waals surface area (Å²) < 4.78 is 49.4. The van der Waals surface area contributed by atoms with E-state index < -0.39 is 17.6 Å². The Bertz CT molecular complexity index is 779. The Labute approximate surface area is 169 Å². The number of hydrogen-bond acceptors (Lipinski definition) is 3. The second kappa shape index (κ2) is 9.81. The molecule has 0 radical (unpaired) electrons. The van der Waals surface area contributed by atoms with E-state index in [1.807, 2.05) is 24.3 Å². The monoisotopic (exact) mass is 408 g/mol. The van der Waals surface area contributed by atoms with E-state index >= 15 is 0 Å². The molecule has 0 aliphatic heterocycles. The number of rotatable bonds is 9. The molecule has 0 aliphatic carbocycles. The Balaban J connectivity index is 1.95. The molecule has 2 aromatic rings. The van der Waals surface area contributed by atoms with Crippen molar-refractivity contribution in [1.82, 2.24) is 0 Å². The molecule has 0 saturated carbocycles. The second-order valence-electron chi connectivity index (χ2n) is 7.47. The molecule has 0 heterocycles. The van der Waals surface area contributed by atoms with Crippen LogP contribution in [0, 0.1) is 5.41 Å².